The number of carbonyl (C=O) groups excluding carboxylic acids is 2. The Morgan fingerprint density at radius 2 is 1.90 bits per heavy atom. The molecule has 5 nitrogen and oxygen atoms in total. The molecule has 1 spiro atoms. The first kappa shape index (κ1) is 12.6. The molecule has 0 aromatic rings. The molecule has 0 radical (unpaired) electrons. The fourth-order valence-electron chi connectivity index (χ4n) is 4.77. The average molecular weight is 279 g/mol. The highest BCUT2D eigenvalue weighted by Crippen LogP contribution is 2.68. The molecule has 1 amide bonds. The van der Waals surface area contributed by atoms with Gasteiger partial charge in [-0.25, -0.2) is 4.79 Å². The number of carbonyl (C=O) groups is 2. The monoisotopic (exact) mass is 279 g/mol. The quantitative estimate of drug-likeness (QED) is 0.736. The predicted molar refractivity (Wildman–Crippen MR) is 69.6 cm³/mol. The van der Waals surface area contributed by atoms with Crippen LogP contribution in [0.15, 0.2) is 0 Å². The summed E-state index contributed by atoms with van der Waals surface area (Å²) in [6, 6.07) is 0. The van der Waals surface area contributed by atoms with Gasteiger partial charge in [0.1, 0.15) is 0 Å². The molecule has 110 valence electrons. The summed E-state index contributed by atoms with van der Waals surface area (Å²) in [5.74, 6) is -0.471. The summed E-state index contributed by atoms with van der Waals surface area (Å²) in [6.07, 6.45) is 5.89. The van der Waals surface area contributed by atoms with Gasteiger partial charge in [0.2, 0.25) is 11.4 Å². The Morgan fingerprint density at radius 3 is 2.45 bits per heavy atom. The second-order valence-corrected chi connectivity index (χ2v) is 7.11. The van der Waals surface area contributed by atoms with E-state index in [9.17, 15) is 14.7 Å². The number of fused-ring (bicyclic) bond motifs is 2. The minimum absolute atomic E-state index is 0.0881. The van der Waals surface area contributed by atoms with E-state index in [0.29, 0.717) is 0 Å². The number of amides is 1. The highest BCUT2D eigenvalue weighted by Gasteiger charge is 2.88. The van der Waals surface area contributed by atoms with Crippen LogP contribution in [0.2, 0.25) is 0 Å². The van der Waals surface area contributed by atoms with E-state index in [2.05, 4.69) is 5.32 Å². The SMILES string of the molecule is C[C@@]12OC(=O)C1([C@@H](O)C1CCCCC1)NC(=O)C21CC1. The van der Waals surface area contributed by atoms with E-state index in [0.717, 1.165) is 38.5 Å². The van der Waals surface area contributed by atoms with Crippen LogP contribution in [0.3, 0.4) is 0 Å². The Kier molecular flexibility index (Phi) is 2.25. The minimum Gasteiger partial charge on any atom is -0.453 e. The summed E-state index contributed by atoms with van der Waals surface area (Å²) in [6.45, 7) is 1.82. The summed E-state index contributed by atoms with van der Waals surface area (Å²) in [5, 5.41) is 13.7. The van der Waals surface area contributed by atoms with Crippen LogP contribution in [0, 0.1) is 11.3 Å². The Hall–Kier alpha value is -1.10. The second kappa shape index (κ2) is 3.56. The number of rotatable bonds is 2. The van der Waals surface area contributed by atoms with Crippen molar-refractivity contribution in [2.75, 3.05) is 0 Å². The molecule has 4 aliphatic rings. The van der Waals surface area contributed by atoms with Crippen LogP contribution in [-0.2, 0) is 14.3 Å². The van der Waals surface area contributed by atoms with E-state index in [1.165, 1.54) is 6.42 Å². The third-order valence-corrected chi connectivity index (χ3v) is 6.32. The van der Waals surface area contributed by atoms with Crippen LogP contribution in [0.25, 0.3) is 0 Å². The van der Waals surface area contributed by atoms with Gasteiger partial charge in [-0.1, -0.05) is 19.3 Å². The molecule has 3 atom stereocenters. The first-order valence-corrected chi connectivity index (χ1v) is 7.72. The van der Waals surface area contributed by atoms with Gasteiger partial charge in [-0.3, -0.25) is 4.79 Å². The predicted octanol–water partition coefficient (Wildman–Crippen LogP) is 0.892. The van der Waals surface area contributed by atoms with E-state index in [1.54, 1.807) is 0 Å². The van der Waals surface area contributed by atoms with Crippen molar-refractivity contribution >= 4 is 11.9 Å². The smallest absolute Gasteiger partial charge is 0.339 e. The van der Waals surface area contributed by atoms with Crippen molar-refractivity contribution in [3.8, 4) is 0 Å². The van der Waals surface area contributed by atoms with Crippen molar-refractivity contribution in [2.24, 2.45) is 11.3 Å². The molecule has 2 saturated heterocycles. The Bertz CT molecular complexity index is 494. The van der Waals surface area contributed by atoms with Crippen molar-refractivity contribution < 1.29 is 19.4 Å². The van der Waals surface area contributed by atoms with Crippen LogP contribution in [0.1, 0.15) is 51.9 Å². The molecule has 4 rings (SSSR count). The van der Waals surface area contributed by atoms with E-state index in [4.69, 9.17) is 4.74 Å². The number of aliphatic hydroxyl groups excluding tert-OH is 1. The molecule has 0 bridgehead atoms. The van der Waals surface area contributed by atoms with E-state index >= 15 is 0 Å². The van der Waals surface area contributed by atoms with Crippen LogP contribution in [-0.4, -0.2) is 34.2 Å². The van der Waals surface area contributed by atoms with Gasteiger partial charge >= 0.3 is 5.97 Å². The minimum atomic E-state index is -1.19. The first-order chi connectivity index (χ1) is 9.48. The number of ether oxygens (including phenoxy) is 1. The van der Waals surface area contributed by atoms with Gasteiger partial charge in [-0.2, -0.15) is 0 Å². The Labute approximate surface area is 118 Å². The number of aliphatic hydroxyl groups is 1. The van der Waals surface area contributed by atoms with E-state index < -0.39 is 28.6 Å². The lowest BCUT2D eigenvalue weighted by Gasteiger charge is -2.55. The summed E-state index contributed by atoms with van der Waals surface area (Å²) in [5.41, 5.74) is -2.62. The van der Waals surface area contributed by atoms with Gasteiger partial charge in [-0.05, 0) is 38.5 Å². The summed E-state index contributed by atoms with van der Waals surface area (Å²) in [7, 11) is 0. The first-order valence-electron chi connectivity index (χ1n) is 7.72. The Morgan fingerprint density at radius 1 is 1.25 bits per heavy atom. The van der Waals surface area contributed by atoms with Crippen LogP contribution < -0.4 is 5.32 Å². The van der Waals surface area contributed by atoms with Gasteiger partial charge in [0.25, 0.3) is 0 Å². The van der Waals surface area contributed by atoms with Gasteiger partial charge in [-0.15, -0.1) is 0 Å². The molecule has 4 fully saturated rings. The zero-order valence-corrected chi connectivity index (χ0v) is 11.8. The number of hydrogen-bond acceptors (Lipinski definition) is 4. The van der Waals surface area contributed by atoms with E-state index in [-0.39, 0.29) is 11.8 Å². The molecular weight excluding hydrogens is 258 g/mol. The molecule has 0 aromatic heterocycles. The third kappa shape index (κ3) is 1.12. The summed E-state index contributed by atoms with van der Waals surface area (Å²) < 4.78 is 5.43. The maximum absolute atomic E-state index is 12.3. The zero-order chi connectivity index (χ0) is 14.2. The molecule has 1 unspecified atom stereocenters. The van der Waals surface area contributed by atoms with Gasteiger partial charge in [0.15, 0.2) is 5.60 Å². The van der Waals surface area contributed by atoms with Crippen LogP contribution in [0.5, 0.6) is 0 Å². The van der Waals surface area contributed by atoms with Crippen LogP contribution >= 0.6 is 0 Å². The summed E-state index contributed by atoms with van der Waals surface area (Å²) in [4.78, 5) is 24.5. The molecule has 2 aliphatic carbocycles. The molecule has 2 saturated carbocycles. The van der Waals surface area contributed by atoms with Crippen molar-refractivity contribution in [1.29, 1.82) is 0 Å². The van der Waals surface area contributed by atoms with Gasteiger partial charge in [0, 0.05) is 0 Å². The second-order valence-electron chi connectivity index (χ2n) is 7.11. The van der Waals surface area contributed by atoms with Gasteiger partial charge in [0.05, 0.1) is 11.5 Å². The molecule has 5 heteroatoms. The van der Waals surface area contributed by atoms with Crippen molar-refractivity contribution in [2.45, 2.75) is 69.1 Å². The zero-order valence-electron chi connectivity index (χ0n) is 11.8. The molecule has 2 heterocycles. The van der Waals surface area contributed by atoms with Crippen molar-refractivity contribution in [3.05, 3.63) is 0 Å². The van der Waals surface area contributed by atoms with Crippen molar-refractivity contribution in [3.63, 3.8) is 0 Å². The lowest BCUT2D eigenvalue weighted by molar-refractivity contribution is -0.243. The fourth-order valence-corrected chi connectivity index (χ4v) is 4.77. The molecule has 0 aromatic carbocycles. The van der Waals surface area contributed by atoms with Crippen molar-refractivity contribution in [1.82, 2.24) is 5.32 Å². The lowest BCUT2D eigenvalue weighted by Crippen LogP contribution is -2.80. The fraction of sp³-hybridized carbons (Fsp3) is 0.867. The summed E-state index contributed by atoms with van der Waals surface area (Å²) >= 11 is 0. The maximum atomic E-state index is 12.3. The average Bonchev–Trinajstić information content (AvgIpc) is 3.23. The molecular formula is C15H21NO4. The standard InChI is InChI=1S/C15H21NO4/c1-13-14(7-8-14)11(18)16-15(13,12(19)20-13)10(17)9-5-3-2-4-6-9/h9-10,17H,2-8H2,1H3,(H,16,18)/t10-,13-,15?/m0/s1. The maximum Gasteiger partial charge on any atom is 0.339 e. The third-order valence-electron chi connectivity index (χ3n) is 6.32. The molecule has 2 aliphatic heterocycles. The Balaban J connectivity index is 1.71. The highest BCUT2D eigenvalue weighted by atomic mass is 16.6. The molecule has 20 heavy (non-hydrogen) atoms. The number of hydrogen-bond donors (Lipinski definition) is 2. The highest BCUT2D eigenvalue weighted by molar-refractivity contribution is 6.05. The number of esters is 1. The lowest BCUT2D eigenvalue weighted by atomic mass is 9.63. The molecule has 2 N–H and O–H groups in total. The topological polar surface area (TPSA) is 75.6 Å². The van der Waals surface area contributed by atoms with Crippen LogP contribution in [0.4, 0.5) is 0 Å². The largest absolute Gasteiger partial charge is 0.453 e. The number of nitrogens with one attached hydrogen (secondary N) is 1. The van der Waals surface area contributed by atoms with Gasteiger partial charge < -0.3 is 15.2 Å². The van der Waals surface area contributed by atoms with E-state index in [1.807, 2.05) is 6.92 Å². The normalized spacial score (nSPS) is 43.5.